The van der Waals surface area contributed by atoms with Crippen molar-refractivity contribution < 1.29 is 17.1 Å². The van der Waals surface area contributed by atoms with Gasteiger partial charge in [0.05, 0.1) is 0 Å². The standard InChI is InChI=1S/C18H20GeS2.Fe/c1-13-14(2)16(4)19(15(13)3,20-17-9-5-6-10-17)21-18-11-7-8-12-18;/h5-12H,1-4H3;/q-6;. The van der Waals surface area contributed by atoms with Gasteiger partial charge in [0.1, 0.15) is 0 Å². The zero-order valence-corrected chi connectivity index (χ0v) is 18.1. The van der Waals surface area contributed by atoms with E-state index in [4.69, 9.17) is 0 Å². The van der Waals surface area contributed by atoms with E-state index >= 15 is 0 Å². The maximum absolute atomic E-state index is 2.40. The van der Waals surface area contributed by atoms with E-state index in [-0.39, 0.29) is 17.1 Å². The minimum absolute atomic E-state index is 0. The summed E-state index contributed by atoms with van der Waals surface area (Å²) < 4.78 is 3.34. The first-order valence-electron chi connectivity index (χ1n) is 7.22. The minimum Gasteiger partial charge on any atom is 0 e. The Morgan fingerprint density at radius 1 is 0.864 bits per heavy atom. The van der Waals surface area contributed by atoms with Crippen LogP contribution in [0, 0.1) is 0 Å². The molecule has 0 spiro atoms. The maximum Gasteiger partial charge on any atom is 0 e. The number of hydrogen-bond acceptors (Lipinski definition) is 2. The van der Waals surface area contributed by atoms with Gasteiger partial charge in [0.2, 0.25) is 0 Å². The molecule has 0 N–H and O–H groups in total. The zero-order valence-electron chi connectivity index (χ0n) is 13.3. The van der Waals surface area contributed by atoms with Crippen molar-refractivity contribution >= 4 is 31.2 Å². The molecule has 0 aliphatic carbocycles. The van der Waals surface area contributed by atoms with Gasteiger partial charge in [-0.15, -0.1) is 0 Å². The number of hydrogen-bond donors (Lipinski definition) is 0. The molecule has 0 aromatic heterocycles. The monoisotopic (exact) mass is 430 g/mol. The smallest absolute Gasteiger partial charge is 0 e. The van der Waals surface area contributed by atoms with Crippen LogP contribution in [0.4, 0.5) is 0 Å². The molecule has 0 unspecified atom stereocenters. The number of rotatable bonds is 4. The first kappa shape index (κ1) is 18.3. The molecule has 3 rings (SSSR count). The van der Waals surface area contributed by atoms with Crippen LogP contribution in [0.1, 0.15) is 27.7 Å². The van der Waals surface area contributed by atoms with Crippen LogP contribution in [0.5, 0.6) is 0 Å². The van der Waals surface area contributed by atoms with Gasteiger partial charge in [0.25, 0.3) is 0 Å². The summed E-state index contributed by atoms with van der Waals surface area (Å²) in [6.45, 7) is 9.36. The second-order valence-electron chi connectivity index (χ2n) is 5.56. The third kappa shape index (κ3) is 3.11. The van der Waals surface area contributed by atoms with Gasteiger partial charge in [-0.2, -0.15) is 0 Å². The van der Waals surface area contributed by atoms with Crippen molar-refractivity contribution in [3.8, 4) is 0 Å². The molecule has 1 heterocycles. The van der Waals surface area contributed by atoms with Crippen LogP contribution in [0.25, 0.3) is 0 Å². The van der Waals surface area contributed by atoms with Crippen LogP contribution in [-0.4, -0.2) is 11.0 Å². The summed E-state index contributed by atoms with van der Waals surface area (Å²) in [5, 5.41) is 0. The first-order valence-corrected chi connectivity index (χ1v) is 16.1. The van der Waals surface area contributed by atoms with Crippen LogP contribution < -0.4 is 0 Å². The summed E-state index contributed by atoms with van der Waals surface area (Å²) >= 11 is 0. The second kappa shape index (κ2) is 7.23. The molecule has 22 heavy (non-hydrogen) atoms. The molecule has 0 atom stereocenters. The van der Waals surface area contributed by atoms with Crippen molar-refractivity contribution in [2.45, 2.75) is 37.5 Å². The van der Waals surface area contributed by atoms with E-state index in [1.165, 1.54) is 20.9 Å². The molecule has 122 valence electrons. The van der Waals surface area contributed by atoms with E-state index in [1.807, 2.05) is 0 Å². The molecular formula is C18H20FeGeS2-6. The van der Waals surface area contributed by atoms with E-state index < -0.39 is 11.0 Å². The molecule has 2 aromatic rings. The predicted octanol–water partition coefficient (Wildman–Crippen LogP) is 6.21. The molecule has 0 amide bonds. The van der Waals surface area contributed by atoms with Gasteiger partial charge in [0, 0.05) is 17.1 Å². The van der Waals surface area contributed by atoms with Crippen LogP contribution in [-0.2, 0) is 17.1 Å². The number of allylic oxidation sites excluding steroid dienone is 4. The third-order valence-corrected chi connectivity index (χ3v) is 27.3. The molecule has 0 fully saturated rings. The fourth-order valence-corrected chi connectivity index (χ4v) is 25.6. The first-order chi connectivity index (χ1) is 10.0. The molecule has 1 aliphatic heterocycles. The summed E-state index contributed by atoms with van der Waals surface area (Å²) in [5.74, 6) is 0. The van der Waals surface area contributed by atoms with Crippen LogP contribution in [0.3, 0.4) is 0 Å². The quantitative estimate of drug-likeness (QED) is 0.419. The normalized spacial score (nSPS) is 17.1. The van der Waals surface area contributed by atoms with Crippen LogP contribution in [0.2, 0.25) is 0 Å². The van der Waals surface area contributed by atoms with Crippen molar-refractivity contribution in [3.05, 3.63) is 68.5 Å². The molecule has 0 bridgehead atoms. The maximum atomic E-state index is 2.38. The van der Waals surface area contributed by atoms with Crippen molar-refractivity contribution in [1.82, 2.24) is 0 Å². The molecule has 0 saturated heterocycles. The summed E-state index contributed by atoms with van der Waals surface area (Å²) in [6, 6.07) is 17.6. The van der Waals surface area contributed by atoms with Crippen LogP contribution in [0.15, 0.2) is 78.3 Å². The van der Waals surface area contributed by atoms with Crippen LogP contribution >= 0.6 is 20.2 Å². The Morgan fingerprint density at radius 3 is 1.86 bits per heavy atom. The Morgan fingerprint density at radius 2 is 1.36 bits per heavy atom. The zero-order chi connectivity index (χ0) is 15.0. The average molecular weight is 429 g/mol. The molecule has 0 nitrogen and oxygen atoms in total. The third-order valence-electron chi connectivity index (χ3n) is 4.46. The Bertz CT molecular complexity index is 631. The molecule has 1 aliphatic rings. The Hall–Kier alpha value is -0.0577. The predicted molar refractivity (Wildman–Crippen MR) is 98.3 cm³/mol. The van der Waals surface area contributed by atoms with E-state index in [2.05, 4.69) is 96.4 Å². The largest absolute Gasteiger partial charge is 0 e. The van der Waals surface area contributed by atoms with Gasteiger partial charge < -0.3 is 0 Å². The van der Waals surface area contributed by atoms with Gasteiger partial charge in [-0.3, -0.25) is 0 Å². The Labute approximate surface area is 153 Å². The van der Waals surface area contributed by atoms with Crippen molar-refractivity contribution in [3.63, 3.8) is 0 Å². The molecule has 0 radical (unpaired) electrons. The summed E-state index contributed by atoms with van der Waals surface area (Å²) in [7, 11) is 1.92. The molecule has 4 heteroatoms. The topological polar surface area (TPSA) is 0 Å². The summed E-state index contributed by atoms with van der Waals surface area (Å²) in [4.78, 5) is 2.85. The van der Waals surface area contributed by atoms with Gasteiger partial charge >= 0.3 is 137 Å². The van der Waals surface area contributed by atoms with Gasteiger partial charge in [-0.1, -0.05) is 0 Å². The van der Waals surface area contributed by atoms with E-state index in [0.29, 0.717) is 0 Å². The Kier molecular flexibility index (Phi) is 6.01. The van der Waals surface area contributed by atoms with E-state index in [1.54, 1.807) is 8.81 Å². The minimum atomic E-state index is -2.40. The van der Waals surface area contributed by atoms with Crippen molar-refractivity contribution in [2.75, 3.05) is 0 Å². The van der Waals surface area contributed by atoms with Crippen molar-refractivity contribution in [1.29, 1.82) is 0 Å². The SMILES string of the molecule is CC1=[C](C)[Ge]([S][c-]2cccc2)([S][c-]2[cH-][cH-][cH-][cH-]2)[C](C)=C1C.[Fe]. The average Bonchev–Trinajstić information content (AvgIpc) is 3.18. The molecule has 0 saturated carbocycles. The van der Waals surface area contributed by atoms with Crippen molar-refractivity contribution in [2.24, 2.45) is 0 Å². The van der Waals surface area contributed by atoms with E-state index in [9.17, 15) is 0 Å². The summed E-state index contributed by atoms with van der Waals surface area (Å²) in [6.07, 6.45) is 0. The second-order valence-corrected chi connectivity index (χ2v) is 22.9. The van der Waals surface area contributed by atoms with Gasteiger partial charge in [-0.25, -0.2) is 0 Å². The fourth-order valence-electron chi connectivity index (χ4n) is 2.85. The molecule has 2 aromatic carbocycles. The molecular weight excluding hydrogens is 409 g/mol. The van der Waals surface area contributed by atoms with E-state index in [0.717, 1.165) is 0 Å². The summed E-state index contributed by atoms with van der Waals surface area (Å²) in [5.41, 5.74) is 3.07. The van der Waals surface area contributed by atoms with Gasteiger partial charge in [0.15, 0.2) is 0 Å². The Balaban J connectivity index is 0.00000176. The fraction of sp³-hybridized carbons (Fsp3) is 0.222. The van der Waals surface area contributed by atoms with Gasteiger partial charge in [-0.05, 0) is 0 Å².